The molecule has 168 valence electrons. The van der Waals surface area contributed by atoms with Gasteiger partial charge in [0.25, 0.3) is 11.4 Å². The van der Waals surface area contributed by atoms with E-state index in [9.17, 15) is 14.0 Å². The van der Waals surface area contributed by atoms with E-state index in [1.807, 2.05) is 0 Å². The number of pyridine rings is 2. The van der Waals surface area contributed by atoms with Crippen molar-refractivity contribution < 1.29 is 13.7 Å². The molecule has 0 unspecified atom stereocenters. The van der Waals surface area contributed by atoms with Crippen molar-refractivity contribution in [3.8, 4) is 22.8 Å². The highest BCUT2D eigenvalue weighted by Gasteiger charge is 2.18. The summed E-state index contributed by atoms with van der Waals surface area (Å²) in [6, 6.07) is 15.8. The molecule has 5 rings (SSSR count). The van der Waals surface area contributed by atoms with Gasteiger partial charge in [0.05, 0.1) is 16.8 Å². The van der Waals surface area contributed by atoms with Gasteiger partial charge in [0.2, 0.25) is 11.7 Å². The van der Waals surface area contributed by atoms with Crippen LogP contribution in [0.15, 0.2) is 82.4 Å². The van der Waals surface area contributed by atoms with E-state index < -0.39 is 17.3 Å². The van der Waals surface area contributed by atoms with Crippen LogP contribution < -0.4 is 10.9 Å². The van der Waals surface area contributed by atoms with Gasteiger partial charge in [-0.05, 0) is 36.4 Å². The molecule has 0 aliphatic rings. The van der Waals surface area contributed by atoms with E-state index in [2.05, 4.69) is 20.4 Å². The second-order valence-electron chi connectivity index (χ2n) is 7.33. The molecule has 1 N–H and O–H groups in total. The average molecular weight is 476 g/mol. The minimum Gasteiger partial charge on any atom is -0.334 e. The van der Waals surface area contributed by atoms with Crippen LogP contribution in [0.1, 0.15) is 0 Å². The third-order valence-electron chi connectivity index (χ3n) is 5.12. The first-order valence-corrected chi connectivity index (χ1v) is 10.5. The summed E-state index contributed by atoms with van der Waals surface area (Å²) in [5.41, 5.74) is 1.16. The Labute approximate surface area is 196 Å². The van der Waals surface area contributed by atoms with Gasteiger partial charge in [0.15, 0.2) is 0 Å². The number of hydrogen-bond acceptors (Lipinski definition) is 6. The van der Waals surface area contributed by atoms with Crippen molar-refractivity contribution in [2.24, 2.45) is 0 Å². The van der Waals surface area contributed by atoms with Crippen LogP contribution in [0.25, 0.3) is 33.7 Å². The molecule has 10 heteroatoms. The van der Waals surface area contributed by atoms with Gasteiger partial charge in [-0.1, -0.05) is 35.0 Å². The molecule has 0 saturated heterocycles. The number of rotatable bonds is 5. The van der Waals surface area contributed by atoms with Crippen LogP contribution in [0.3, 0.4) is 0 Å². The summed E-state index contributed by atoms with van der Waals surface area (Å²) in [6.07, 6.45) is 3.23. The highest BCUT2D eigenvalue weighted by Crippen LogP contribution is 2.28. The summed E-state index contributed by atoms with van der Waals surface area (Å²) in [7, 11) is 0. The third-order valence-corrected chi connectivity index (χ3v) is 5.36. The van der Waals surface area contributed by atoms with E-state index in [-0.39, 0.29) is 23.1 Å². The number of nitrogens with one attached hydrogen (secondary N) is 1. The van der Waals surface area contributed by atoms with Gasteiger partial charge in [-0.2, -0.15) is 4.98 Å². The molecule has 0 saturated carbocycles. The fourth-order valence-corrected chi connectivity index (χ4v) is 3.71. The first kappa shape index (κ1) is 21.5. The Bertz CT molecular complexity index is 1580. The zero-order chi connectivity index (χ0) is 23.7. The normalized spacial score (nSPS) is 11.0. The van der Waals surface area contributed by atoms with E-state index in [0.717, 1.165) is 6.07 Å². The molecule has 0 aliphatic carbocycles. The van der Waals surface area contributed by atoms with E-state index in [0.29, 0.717) is 27.9 Å². The SMILES string of the molecule is O=C(Cn1c(=O)cc(-c2nc(-c3ccncc3)no2)c2ccccc21)Nc1ccc(Cl)cc1F. The standard InChI is InChI=1S/C24H15ClFN5O3/c25-15-5-6-19(18(26)11-15)28-21(32)13-31-20-4-2-1-3-16(20)17(12-22(31)33)24-29-23(30-34-24)14-7-9-27-10-8-14/h1-12H,13H2,(H,28,32). The maximum atomic E-state index is 14.1. The van der Waals surface area contributed by atoms with E-state index >= 15 is 0 Å². The van der Waals surface area contributed by atoms with Gasteiger partial charge >= 0.3 is 0 Å². The second-order valence-corrected chi connectivity index (χ2v) is 7.77. The van der Waals surface area contributed by atoms with Crippen LogP contribution in [-0.2, 0) is 11.3 Å². The van der Waals surface area contributed by atoms with Gasteiger partial charge in [-0.25, -0.2) is 4.39 Å². The summed E-state index contributed by atoms with van der Waals surface area (Å²) in [5, 5.41) is 7.31. The van der Waals surface area contributed by atoms with E-state index in [1.165, 1.54) is 22.8 Å². The number of para-hydroxylation sites is 1. The summed E-state index contributed by atoms with van der Waals surface area (Å²) in [6.45, 7) is -0.326. The lowest BCUT2D eigenvalue weighted by atomic mass is 10.1. The van der Waals surface area contributed by atoms with Gasteiger partial charge in [-0.3, -0.25) is 19.1 Å². The zero-order valence-corrected chi connectivity index (χ0v) is 18.2. The van der Waals surface area contributed by atoms with Crippen molar-refractivity contribution in [2.75, 3.05) is 5.32 Å². The third kappa shape index (κ3) is 4.16. The lowest BCUT2D eigenvalue weighted by Crippen LogP contribution is -2.28. The molecule has 0 radical (unpaired) electrons. The number of benzene rings is 2. The fraction of sp³-hybridized carbons (Fsp3) is 0.0417. The monoisotopic (exact) mass is 475 g/mol. The molecule has 5 aromatic rings. The van der Waals surface area contributed by atoms with Crippen LogP contribution in [0.5, 0.6) is 0 Å². The molecule has 3 heterocycles. The zero-order valence-electron chi connectivity index (χ0n) is 17.4. The number of carbonyl (C=O) groups is 1. The molecule has 0 aliphatic heterocycles. The summed E-state index contributed by atoms with van der Waals surface area (Å²) in [5.74, 6) is -0.719. The predicted octanol–water partition coefficient (Wildman–Crippen LogP) is 4.54. The molecule has 2 aromatic carbocycles. The molecule has 0 spiro atoms. The summed E-state index contributed by atoms with van der Waals surface area (Å²) >= 11 is 5.75. The van der Waals surface area contributed by atoms with Gasteiger partial charge in [0.1, 0.15) is 12.4 Å². The molecular weight excluding hydrogens is 461 g/mol. The minimum atomic E-state index is -0.671. The first-order chi connectivity index (χ1) is 16.5. The van der Waals surface area contributed by atoms with Crippen molar-refractivity contribution >= 4 is 34.1 Å². The number of halogens is 2. The maximum absolute atomic E-state index is 14.1. The number of aromatic nitrogens is 4. The van der Waals surface area contributed by atoms with Crippen LogP contribution >= 0.6 is 11.6 Å². The summed E-state index contributed by atoms with van der Waals surface area (Å²) < 4.78 is 20.8. The Hall–Kier alpha value is -4.37. The Balaban J connectivity index is 1.50. The van der Waals surface area contributed by atoms with Crippen molar-refractivity contribution in [1.29, 1.82) is 0 Å². The maximum Gasteiger partial charge on any atom is 0.259 e. The Morgan fingerprint density at radius 2 is 1.88 bits per heavy atom. The van der Waals surface area contributed by atoms with Crippen LogP contribution in [0, 0.1) is 5.82 Å². The largest absolute Gasteiger partial charge is 0.334 e. The number of hydrogen-bond donors (Lipinski definition) is 1. The molecular formula is C24H15ClFN5O3. The smallest absolute Gasteiger partial charge is 0.259 e. The lowest BCUT2D eigenvalue weighted by Gasteiger charge is -2.12. The highest BCUT2D eigenvalue weighted by atomic mass is 35.5. The highest BCUT2D eigenvalue weighted by molar-refractivity contribution is 6.30. The molecule has 0 fully saturated rings. The number of carbonyl (C=O) groups excluding carboxylic acids is 1. The van der Waals surface area contributed by atoms with Gasteiger partial charge < -0.3 is 9.84 Å². The van der Waals surface area contributed by atoms with Crippen LogP contribution in [0.4, 0.5) is 10.1 Å². The van der Waals surface area contributed by atoms with Crippen molar-refractivity contribution in [3.05, 3.63) is 94.3 Å². The Morgan fingerprint density at radius 3 is 2.68 bits per heavy atom. The van der Waals surface area contributed by atoms with E-state index in [1.54, 1.807) is 48.8 Å². The van der Waals surface area contributed by atoms with E-state index in [4.69, 9.17) is 16.1 Å². The van der Waals surface area contributed by atoms with Crippen LogP contribution in [-0.4, -0.2) is 25.6 Å². The lowest BCUT2D eigenvalue weighted by molar-refractivity contribution is -0.116. The molecule has 0 bridgehead atoms. The average Bonchev–Trinajstić information content (AvgIpc) is 3.33. The number of anilines is 1. The number of amides is 1. The van der Waals surface area contributed by atoms with Crippen molar-refractivity contribution in [3.63, 3.8) is 0 Å². The molecule has 1 amide bonds. The van der Waals surface area contributed by atoms with Crippen LogP contribution in [0.2, 0.25) is 5.02 Å². The first-order valence-electron chi connectivity index (χ1n) is 10.1. The molecule has 3 aromatic heterocycles. The minimum absolute atomic E-state index is 0.0297. The van der Waals surface area contributed by atoms with Crippen molar-refractivity contribution in [1.82, 2.24) is 19.7 Å². The van der Waals surface area contributed by atoms with Gasteiger partial charge in [-0.15, -0.1) is 0 Å². The Kier molecular flexibility index (Phi) is 5.60. The number of nitrogens with zero attached hydrogens (tertiary/aromatic N) is 4. The van der Waals surface area contributed by atoms with Crippen molar-refractivity contribution in [2.45, 2.75) is 6.54 Å². The quantitative estimate of drug-likeness (QED) is 0.400. The second kappa shape index (κ2) is 8.87. The topological polar surface area (TPSA) is 103 Å². The number of fused-ring (bicyclic) bond motifs is 1. The Morgan fingerprint density at radius 1 is 1.09 bits per heavy atom. The molecule has 34 heavy (non-hydrogen) atoms. The fourth-order valence-electron chi connectivity index (χ4n) is 3.55. The van der Waals surface area contributed by atoms with Gasteiger partial charge in [0, 0.05) is 34.4 Å². The predicted molar refractivity (Wildman–Crippen MR) is 125 cm³/mol. The summed E-state index contributed by atoms with van der Waals surface area (Å²) in [4.78, 5) is 34.0. The molecule has 0 atom stereocenters. The molecule has 8 nitrogen and oxygen atoms in total.